The molecule has 3 aromatic rings. The molecule has 0 saturated heterocycles. The molecule has 1 N–H and O–H groups in total. The van der Waals surface area contributed by atoms with Crippen molar-refractivity contribution in [1.29, 1.82) is 0 Å². The molecule has 1 aromatic heterocycles. The number of anilines is 1. The lowest BCUT2D eigenvalue weighted by Crippen LogP contribution is -2.16. The Morgan fingerprint density at radius 3 is 2.52 bits per heavy atom. The van der Waals surface area contributed by atoms with Crippen LogP contribution in [0.5, 0.6) is 0 Å². The molecule has 0 aliphatic rings. The van der Waals surface area contributed by atoms with Crippen LogP contribution in [0.15, 0.2) is 36.4 Å². The zero-order valence-electron chi connectivity index (χ0n) is 14.1. The van der Waals surface area contributed by atoms with Crippen molar-refractivity contribution in [3.05, 3.63) is 47.2 Å². The van der Waals surface area contributed by atoms with Gasteiger partial charge in [-0.25, -0.2) is 9.37 Å². The molecule has 25 heavy (non-hydrogen) atoms. The fourth-order valence-corrected chi connectivity index (χ4v) is 2.86. The van der Waals surface area contributed by atoms with E-state index in [0.717, 1.165) is 47.0 Å². The summed E-state index contributed by atoms with van der Waals surface area (Å²) in [6.45, 7) is 1.81. The molecule has 0 radical (unpaired) electrons. The molecule has 3 rings (SSSR count). The third-order valence-corrected chi connectivity index (χ3v) is 4.02. The third-order valence-electron chi connectivity index (χ3n) is 3.78. The molecule has 7 heteroatoms. The Hall–Kier alpha value is -1.33. The van der Waals surface area contributed by atoms with Crippen LogP contribution in [0.1, 0.15) is 6.42 Å². The molecule has 0 amide bonds. The van der Waals surface area contributed by atoms with Crippen LogP contribution in [-0.4, -0.2) is 37.1 Å². The van der Waals surface area contributed by atoms with E-state index in [0.29, 0.717) is 5.02 Å². The minimum atomic E-state index is -0.260. The largest absolute Gasteiger partial charge is 0.384 e. The summed E-state index contributed by atoms with van der Waals surface area (Å²) in [7, 11) is 4.10. The Balaban J connectivity index is 0.00000156. The zero-order chi connectivity index (χ0) is 16.4. The van der Waals surface area contributed by atoms with Gasteiger partial charge < -0.3 is 10.2 Å². The summed E-state index contributed by atoms with van der Waals surface area (Å²) in [5.41, 5.74) is 2.49. The topological polar surface area (TPSA) is 28.2 Å². The molecule has 0 unspecified atom stereocenters. The van der Waals surface area contributed by atoms with Crippen molar-refractivity contribution < 1.29 is 4.39 Å². The third kappa shape index (κ3) is 5.08. The van der Waals surface area contributed by atoms with Crippen LogP contribution < -0.4 is 5.32 Å². The number of benzene rings is 2. The van der Waals surface area contributed by atoms with Crippen molar-refractivity contribution in [2.45, 2.75) is 6.42 Å². The summed E-state index contributed by atoms with van der Waals surface area (Å²) in [5.74, 6) is -0.260. The van der Waals surface area contributed by atoms with Gasteiger partial charge in [0, 0.05) is 22.3 Å². The zero-order valence-corrected chi connectivity index (χ0v) is 16.4. The maximum atomic E-state index is 13.7. The quantitative estimate of drug-likeness (QED) is 0.456. The number of nitrogens with one attached hydrogen (secondary N) is 1. The smallest absolute Gasteiger partial charge is 0.124 e. The Kier molecular flexibility index (Phi) is 8.16. The van der Waals surface area contributed by atoms with E-state index in [1.165, 1.54) is 12.1 Å². The van der Waals surface area contributed by atoms with Crippen LogP contribution in [0.25, 0.3) is 21.8 Å². The maximum Gasteiger partial charge on any atom is 0.124 e. The predicted octanol–water partition coefficient (Wildman–Crippen LogP) is 5.39. The van der Waals surface area contributed by atoms with Gasteiger partial charge in [0.05, 0.1) is 16.7 Å². The molecule has 0 bridgehead atoms. The van der Waals surface area contributed by atoms with E-state index in [9.17, 15) is 4.39 Å². The van der Waals surface area contributed by atoms with Crippen molar-refractivity contribution >= 4 is 63.9 Å². The van der Waals surface area contributed by atoms with E-state index < -0.39 is 0 Å². The number of fused-ring (bicyclic) bond motifs is 2. The molecule has 0 saturated carbocycles. The fourth-order valence-electron chi connectivity index (χ4n) is 2.69. The molecule has 0 spiro atoms. The van der Waals surface area contributed by atoms with E-state index in [1.54, 1.807) is 6.07 Å². The highest BCUT2D eigenvalue weighted by Crippen LogP contribution is 2.32. The van der Waals surface area contributed by atoms with Crippen LogP contribution >= 0.6 is 36.4 Å². The Morgan fingerprint density at radius 1 is 1.04 bits per heavy atom. The second-order valence-electron chi connectivity index (χ2n) is 5.89. The normalized spacial score (nSPS) is 10.6. The average molecular weight is 405 g/mol. The maximum absolute atomic E-state index is 13.7. The van der Waals surface area contributed by atoms with Crippen LogP contribution in [-0.2, 0) is 0 Å². The number of hydrogen-bond acceptors (Lipinski definition) is 3. The van der Waals surface area contributed by atoms with Gasteiger partial charge >= 0.3 is 0 Å². The molecule has 0 aliphatic heterocycles. The highest BCUT2D eigenvalue weighted by Gasteiger charge is 2.10. The molecule has 3 nitrogen and oxygen atoms in total. The van der Waals surface area contributed by atoms with Crippen LogP contribution in [0.4, 0.5) is 10.1 Å². The van der Waals surface area contributed by atoms with E-state index >= 15 is 0 Å². The van der Waals surface area contributed by atoms with Crippen LogP contribution in [0, 0.1) is 5.82 Å². The Labute approximate surface area is 164 Å². The van der Waals surface area contributed by atoms with Gasteiger partial charge in [-0.05, 0) is 63.5 Å². The SMILES string of the molecule is CN(C)CCCNc1c2ccc(Cl)cc2nc2ccc(F)cc12.Cl.Cl. The minimum absolute atomic E-state index is 0. The molecule has 2 aromatic carbocycles. The molecule has 0 fully saturated rings. The number of halogens is 4. The van der Waals surface area contributed by atoms with Gasteiger partial charge in [-0.15, -0.1) is 24.8 Å². The van der Waals surface area contributed by atoms with Crippen molar-refractivity contribution in [3.8, 4) is 0 Å². The van der Waals surface area contributed by atoms with Crippen LogP contribution in [0.3, 0.4) is 0 Å². The first-order valence-electron chi connectivity index (χ1n) is 7.62. The second-order valence-corrected chi connectivity index (χ2v) is 6.33. The van der Waals surface area contributed by atoms with Gasteiger partial charge in [-0.3, -0.25) is 0 Å². The van der Waals surface area contributed by atoms with Gasteiger partial charge in [0.15, 0.2) is 0 Å². The number of hydrogen-bond donors (Lipinski definition) is 1. The van der Waals surface area contributed by atoms with Gasteiger partial charge in [0.25, 0.3) is 0 Å². The van der Waals surface area contributed by atoms with E-state index in [1.807, 2.05) is 18.2 Å². The lowest BCUT2D eigenvalue weighted by Gasteiger charge is -2.15. The summed E-state index contributed by atoms with van der Waals surface area (Å²) in [5, 5.41) is 5.85. The Bertz CT molecular complexity index is 856. The second kappa shape index (κ2) is 9.39. The number of aromatic nitrogens is 1. The highest BCUT2D eigenvalue weighted by molar-refractivity contribution is 6.31. The van der Waals surface area contributed by atoms with E-state index in [4.69, 9.17) is 11.6 Å². The van der Waals surface area contributed by atoms with Crippen molar-refractivity contribution in [2.75, 3.05) is 32.5 Å². The van der Waals surface area contributed by atoms with Crippen molar-refractivity contribution in [1.82, 2.24) is 9.88 Å². The lowest BCUT2D eigenvalue weighted by molar-refractivity contribution is 0.405. The summed E-state index contributed by atoms with van der Waals surface area (Å²) in [4.78, 5) is 6.74. The first-order valence-corrected chi connectivity index (χ1v) is 7.99. The summed E-state index contributed by atoms with van der Waals surface area (Å²) in [6, 6.07) is 10.3. The predicted molar refractivity (Wildman–Crippen MR) is 110 cm³/mol. The van der Waals surface area contributed by atoms with Gasteiger partial charge in [-0.1, -0.05) is 11.6 Å². The van der Waals surface area contributed by atoms with Gasteiger partial charge in [0.2, 0.25) is 0 Å². The lowest BCUT2D eigenvalue weighted by atomic mass is 10.1. The average Bonchev–Trinajstić information content (AvgIpc) is 2.50. The molecule has 1 heterocycles. The minimum Gasteiger partial charge on any atom is -0.384 e. The Morgan fingerprint density at radius 2 is 1.80 bits per heavy atom. The van der Waals surface area contributed by atoms with E-state index in [2.05, 4.69) is 29.3 Å². The highest BCUT2D eigenvalue weighted by atomic mass is 35.5. The first kappa shape index (κ1) is 21.7. The standard InChI is InChI=1S/C18H19ClFN3.2ClH/c1-23(2)9-3-8-21-18-14-6-4-12(19)10-17(14)22-16-7-5-13(20)11-15(16)18;;/h4-7,10-11H,3,8-9H2,1-2H3,(H,21,22);2*1H. The molecule has 0 aliphatic carbocycles. The van der Waals surface area contributed by atoms with E-state index in [-0.39, 0.29) is 30.6 Å². The fraction of sp³-hybridized carbons (Fsp3) is 0.278. The van der Waals surface area contributed by atoms with Crippen molar-refractivity contribution in [2.24, 2.45) is 0 Å². The summed E-state index contributed by atoms with van der Waals surface area (Å²) >= 11 is 6.08. The van der Waals surface area contributed by atoms with Gasteiger partial charge in [-0.2, -0.15) is 0 Å². The van der Waals surface area contributed by atoms with Gasteiger partial charge in [0.1, 0.15) is 5.82 Å². The summed E-state index contributed by atoms with van der Waals surface area (Å²) < 4.78 is 13.7. The monoisotopic (exact) mass is 403 g/mol. The molecular weight excluding hydrogens is 384 g/mol. The van der Waals surface area contributed by atoms with Crippen LogP contribution in [0.2, 0.25) is 5.02 Å². The molecular formula is C18H21Cl3FN3. The summed E-state index contributed by atoms with van der Waals surface area (Å²) in [6.07, 6.45) is 1.00. The van der Waals surface area contributed by atoms with Crippen molar-refractivity contribution in [3.63, 3.8) is 0 Å². The molecule has 0 atom stereocenters. The number of pyridine rings is 1. The number of rotatable bonds is 5. The molecule has 136 valence electrons. The number of nitrogens with zero attached hydrogens (tertiary/aromatic N) is 2. The first-order chi connectivity index (χ1) is 11.0.